The fourth-order valence-corrected chi connectivity index (χ4v) is 4.78. The minimum absolute atomic E-state index is 0.0964. The molecule has 0 bridgehead atoms. The van der Waals surface area contributed by atoms with Crippen LogP contribution in [0.3, 0.4) is 0 Å². The molecule has 2 N–H and O–H groups in total. The molecule has 1 aromatic carbocycles. The molecule has 3 rings (SSSR count). The Kier molecular flexibility index (Phi) is 9.73. The average molecular weight is 500 g/mol. The Morgan fingerprint density at radius 3 is 2.69 bits per heavy atom. The van der Waals surface area contributed by atoms with Crippen molar-refractivity contribution in [3.63, 3.8) is 0 Å². The van der Waals surface area contributed by atoms with E-state index in [-0.39, 0.29) is 18.8 Å². The first kappa shape index (κ1) is 26.7. The number of benzene rings is 1. The van der Waals surface area contributed by atoms with Crippen molar-refractivity contribution in [2.45, 2.75) is 40.0 Å². The van der Waals surface area contributed by atoms with Gasteiger partial charge in [0.1, 0.15) is 22.1 Å². The Morgan fingerprint density at radius 2 is 2.00 bits per heavy atom. The van der Waals surface area contributed by atoms with Crippen LogP contribution >= 0.6 is 11.3 Å². The van der Waals surface area contributed by atoms with Gasteiger partial charge in [0.2, 0.25) is 0 Å². The van der Waals surface area contributed by atoms with Gasteiger partial charge >= 0.3 is 5.97 Å². The average Bonchev–Trinajstić information content (AvgIpc) is 3.14. The third kappa shape index (κ3) is 7.57. The largest absolute Gasteiger partial charge is 0.457 e. The molecular weight excluding hydrogens is 466 g/mol. The zero-order valence-electron chi connectivity index (χ0n) is 20.5. The number of aliphatic hydroxyl groups excluding tert-OH is 1. The highest BCUT2D eigenvalue weighted by Crippen LogP contribution is 2.27. The predicted molar refractivity (Wildman–Crippen MR) is 138 cm³/mol. The number of hydrogen-bond acceptors (Lipinski definition) is 8. The van der Waals surface area contributed by atoms with Crippen LogP contribution in [-0.2, 0) is 22.6 Å². The third-order valence-corrected chi connectivity index (χ3v) is 6.39. The Morgan fingerprint density at radius 1 is 1.26 bits per heavy atom. The summed E-state index contributed by atoms with van der Waals surface area (Å²) in [5, 5.41) is 11.0. The van der Waals surface area contributed by atoms with Crippen LogP contribution in [0.15, 0.2) is 47.8 Å². The van der Waals surface area contributed by atoms with Crippen molar-refractivity contribution in [2.75, 3.05) is 26.4 Å². The Hall–Kier alpha value is -2.85. The molecule has 35 heavy (non-hydrogen) atoms. The summed E-state index contributed by atoms with van der Waals surface area (Å²) < 4.78 is 10.7. The van der Waals surface area contributed by atoms with Crippen LogP contribution < -0.4 is 5.56 Å². The molecule has 3 aromatic rings. The highest BCUT2D eigenvalue weighted by atomic mass is 32.1. The number of H-pyrrole nitrogens is 1. The molecule has 2 heterocycles. The number of thiophene rings is 1. The number of aromatic nitrogens is 2. The summed E-state index contributed by atoms with van der Waals surface area (Å²) in [5.74, 6) is 0.347. The standard InChI is InChI=1S/C26H33N3O5S/c1-5-11-34-26(32)23-18(4)22-24(31)27-21(28-25(22)35-23)14-29(12-19-9-7-6-8-10-19)13-20(30)16-33-15-17(2)3/h5-10,17,20,30H,1,11-16H2,2-4H3,(H,27,28,31)/t20-/m1/s1. The highest BCUT2D eigenvalue weighted by molar-refractivity contribution is 7.20. The number of ether oxygens (including phenoxy) is 2. The van der Waals surface area contributed by atoms with Crippen molar-refractivity contribution in [2.24, 2.45) is 5.92 Å². The number of hydrogen-bond donors (Lipinski definition) is 2. The van der Waals surface area contributed by atoms with Gasteiger partial charge in [-0.3, -0.25) is 9.69 Å². The fourth-order valence-electron chi connectivity index (χ4n) is 3.69. The number of aryl methyl sites for hydroxylation is 1. The number of aromatic amines is 1. The topological polar surface area (TPSA) is 105 Å². The molecule has 8 nitrogen and oxygen atoms in total. The zero-order valence-corrected chi connectivity index (χ0v) is 21.3. The first-order valence-electron chi connectivity index (χ1n) is 11.6. The van der Waals surface area contributed by atoms with E-state index in [4.69, 9.17) is 9.47 Å². The summed E-state index contributed by atoms with van der Waals surface area (Å²) in [4.78, 5) is 35.6. The molecule has 1 atom stereocenters. The SMILES string of the molecule is C=CCOC(=O)c1sc2nc(CN(Cc3ccccc3)C[C@@H](O)COCC(C)C)[nH]c(=O)c2c1C. The van der Waals surface area contributed by atoms with Crippen LogP contribution in [0, 0.1) is 12.8 Å². The molecule has 0 spiro atoms. The van der Waals surface area contributed by atoms with E-state index in [1.54, 1.807) is 6.92 Å². The van der Waals surface area contributed by atoms with E-state index in [1.807, 2.05) is 35.2 Å². The lowest BCUT2D eigenvalue weighted by molar-refractivity contribution is 0.00517. The number of aliphatic hydroxyl groups is 1. The Bertz CT molecular complexity index is 1190. The van der Waals surface area contributed by atoms with Crippen molar-refractivity contribution in [1.29, 1.82) is 0 Å². The number of esters is 1. The normalized spacial score (nSPS) is 12.4. The third-order valence-electron chi connectivity index (χ3n) is 5.22. The Labute approximate surface area is 209 Å². The van der Waals surface area contributed by atoms with Gasteiger partial charge < -0.3 is 19.6 Å². The minimum atomic E-state index is -0.692. The molecule has 0 unspecified atom stereocenters. The maximum atomic E-state index is 12.9. The van der Waals surface area contributed by atoms with Crippen LogP contribution in [0.4, 0.5) is 0 Å². The van der Waals surface area contributed by atoms with Gasteiger partial charge in [0.25, 0.3) is 5.56 Å². The monoisotopic (exact) mass is 499 g/mol. The van der Waals surface area contributed by atoms with E-state index < -0.39 is 12.1 Å². The molecule has 0 aliphatic carbocycles. The molecule has 0 amide bonds. The smallest absolute Gasteiger partial charge is 0.348 e. The second-order valence-electron chi connectivity index (χ2n) is 8.88. The van der Waals surface area contributed by atoms with Crippen LogP contribution in [0.25, 0.3) is 10.2 Å². The van der Waals surface area contributed by atoms with Gasteiger partial charge in [0.05, 0.1) is 24.6 Å². The molecule has 0 saturated heterocycles. The van der Waals surface area contributed by atoms with Crippen molar-refractivity contribution < 1.29 is 19.4 Å². The summed E-state index contributed by atoms with van der Waals surface area (Å²) in [6.45, 7) is 11.5. The lowest BCUT2D eigenvalue weighted by Crippen LogP contribution is -2.35. The molecule has 0 saturated carbocycles. The molecule has 0 aliphatic rings. The fraction of sp³-hybridized carbons (Fsp3) is 0.423. The van der Waals surface area contributed by atoms with E-state index in [0.717, 1.165) is 16.9 Å². The van der Waals surface area contributed by atoms with Crippen LogP contribution in [-0.4, -0.2) is 58.4 Å². The zero-order chi connectivity index (χ0) is 25.4. The number of fused-ring (bicyclic) bond motifs is 1. The lowest BCUT2D eigenvalue weighted by Gasteiger charge is -2.25. The van der Waals surface area contributed by atoms with E-state index in [2.05, 4.69) is 30.4 Å². The number of carbonyl (C=O) groups is 1. The maximum Gasteiger partial charge on any atom is 0.348 e. The van der Waals surface area contributed by atoms with E-state index in [9.17, 15) is 14.7 Å². The van der Waals surface area contributed by atoms with Gasteiger partial charge in [-0.05, 0) is 24.0 Å². The number of carbonyl (C=O) groups excluding carboxylic acids is 1. The quantitative estimate of drug-likeness (QED) is 0.273. The van der Waals surface area contributed by atoms with Gasteiger partial charge in [0, 0.05) is 19.7 Å². The molecule has 188 valence electrons. The van der Waals surface area contributed by atoms with Gasteiger partial charge in [0.15, 0.2) is 0 Å². The number of rotatable bonds is 13. The van der Waals surface area contributed by atoms with Crippen LogP contribution in [0.1, 0.15) is 40.5 Å². The summed E-state index contributed by atoms with van der Waals surface area (Å²) in [6.07, 6.45) is 0.802. The molecular formula is C26H33N3O5S. The van der Waals surface area contributed by atoms with Crippen molar-refractivity contribution in [3.8, 4) is 0 Å². The van der Waals surface area contributed by atoms with E-state index in [1.165, 1.54) is 6.08 Å². The van der Waals surface area contributed by atoms with E-state index >= 15 is 0 Å². The van der Waals surface area contributed by atoms with Crippen molar-refractivity contribution >= 4 is 27.5 Å². The van der Waals surface area contributed by atoms with Gasteiger partial charge in [-0.25, -0.2) is 9.78 Å². The lowest BCUT2D eigenvalue weighted by atomic mass is 10.2. The molecule has 2 aromatic heterocycles. The summed E-state index contributed by atoms with van der Waals surface area (Å²) in [6, 6.07) is 9.90. The molecule has 9 heteroatoms. The first-order chi connectivity index (χ1) is 16.8. The van der Waals surface area contributed by atoms with Gasteiger partial charge in [-0.15, -0.1) is 11.3 Å². The van der Waals surface area contributed by atoms with Crippen molar-refractivity contribution in [3.05, 3.63) is 75.2 Å². The predicted octanol–water partition coefficient (Wildman–Crippen LogP) is 3.67. The Balaban J connectivity index is 1.82. The van der Waals surface area contributed by atoms with Crippen LogP contribution in [0.2, 0.25) is 0 Å². The molecule has 0 fully saturated rings. The van der Waals surface area contributed by atoms with Crippen molar-refractivity contribution in [1.82, 2.24) is 14.9 Å². The van der Waals surface area contributed by atoms with Gasteiger partial charge in [-0.1, -0.05) is 56.8 Å². The molecule has 0 aliphatic heterocycles. The van der Waals surface area contributed by atoms with E-state index in [0.29, 0.717) is 58.6 Å². The number of nitrogens with one attached hydrogen (secondary N) is 1. The summed E-state index contributed by atoms with van der Waals surface area (Å²) in [7, 11) is 0. The maximum absolute atomic E-state index is 12.9. The second-order valence-corrected chi connectivity index (χ2v) is 9.88. The highest BCUT2D eigenvalue weighted by Gasteiger charge is 2.21. The first-order valence-corrected chi connectivity index (χ1v) is 12.4. The molecule has 0 radical (unpaired) electrons. The number of nitrogens with zero attached hydrogens (tertiary/aromatic N) is 2. The van der Waals surface area contributed by atoms with Gasteiger partial charge in [-0.2, -0.15) is 0 Å². The second kappa shape index (κ2) is 12.7. The minimum Gasteiger partial charge on any atom is -0.457 e. The summed E-state index contributed by atoms with van der Waals surface area (Å²) >= 11 is 1.14. The summed E-state index contributed by atoms with van der Waals surface area (Å²) in [5.41, 5.74) is 1.32. The van der Waals surface area contributed by atoms with Crippen LogP contribution in [0.5, 0.6) is 0 Å².